The maximum absolute atomic E-state index is 13.1. The number of nitrogens with one attached hydrogen (secondary N) is 1. The lowest BCUT2D eigenvalue weighted by atomic mass is 9.90. The summed E-state index contributed by atoms with van der Waals surface area (Å²) in [5.41, 5.74) is 2.91. The van der Waals surface area contributed by atoms with Gasteiger partial charge in [0.25, 0.3) is 0 Å². The van der Waals surface area contributed by atoms with Gasteiger partial charge in [0.05, 0.1) is 7.11 Å². The van der Waals surface area contributed by atoms with Gasteiger partial charge in [0, 0.05) is 44.0 Å². The zero-order valence-electron chi connectivity index (χ0n) is 19.0. The number of sulfonamides is 1. The number of pyridine rings is 1. The van der Waals surface area contributed by atoms with Crippen molar-refractivity contribution in [3.8, 4) is 5.75 Å². The van der Waals surface area contributed by atoms with Crippen molar-refractivity contribution in [1.82, 2.24) is 19.2 Å². The Balaban J connectivity index is 1.11. The van der Waals surface area contributed by atoms with E-state index >= 15 is 0 Å². The lowest BCUT2D eigenvalue weighted by Gasteiger charge is -2.41. The monoisotopic (exact) mass is 484 g/mol. The van der Waals surface area contributed by atoms with E-state index in [1.54, 1.807) is 29.7 Å². The third-order valence-electron chi connectivity index (χ3n) is 6.79. The number of hydrogen-bond acceptors (Lipinski definition) is 6. The maximum Gasteiger partial charge on any atom is 0.410 e. The number of ether oxygens (including phenoxy) is 2. The molecule has 2 aliphatic rings. The molecule has 0 radical (unpaired) electrons. The summed E-state index contributed by atoms with van der Waals surface area (Å²) in [6.45, 7) is 1.43. The molecule has 0 saturated carbocycles. The van der Waals surface area contributed by atoms with E-state index in [0.717, 1.165) is 35.2 Å². The highest BCUT2D eigenvalue weighted by atomic mass is 32.2. The van der Waals surface area contributed by atoms with Gasteiger partial charge in [0.15, 0.2) is 0 Å². The molecule has 0 bridgehead atoms. The van der Waals surface area contributed by atoms with E-state index in [0.29, 0.717) is 19.0 Å². The zero-order chi connectivity index (χ0) is 23.7. The smallest absolute Gasteiger partial charge is 0.410 e. The highest BCUT2D eigenvalue weighted by molar-refractivity contribution is 7.89. The van der Waals surface area contributed by atoms with Crippen LogP contribution in [0, 0.1) is 0 Å². The van der Waals surface area contributed by atoms with Gasteiger partial charge in [0.1, 0.15) is 23.3 Å². The molecule has 2 saturated heterocycles. The summed E-state index contributed by atoms with van der Waals surface area (Å²) in [7, 11) is -1.86. The van der Waals surface area contributed by atoms with Crippen molar-refractivity contribution in [1.29, 1.82) is 0 Å². The molecule has 1 N–H and O–H groups in total. The molecule has 0 spiro atoms. The molecule has 5 rings (SSSR count). The van der Waals surface area contributed by atoms with Gasteiger partial charge in [-0.25, -0.2) is 22.5 Å². The van der Waals surface area contributed by atoms with Crippen molar-refractivity contribution in [3.05, 3.63) is 59.9 Å². The first-order valence-electron chi connectivity index (χ1n) is 11.4. The number of benzene rings is 1. The first-order valence-corrected chi connectivity index (χ1v) is 12.9. The van der Waals surface area contributed by atoms with Crippen molar-refractivity contribution in [2.45, 2.75) is 30.6 Å². The number of aromatic amines is 1. The summed E-state index contributed by atoms with van der Waals surface area (Å²) >= 11 is 0. The molecule has 0 unspecified atom stereocenters. The third-order valence-corrected chi connectivity index (χ3v) is 9.01. The van der Waals surface area contributed by atoms with Gasteiger partial charge in [0.2, 0.25) is 10.0 Å². The van der Waals surface area contributed by atoms with E-state index in [1.807, 2.05) is 30.5 Å². The van der Waals surface area contributed by atoms with Gasteiger partial charge < -0.3 is 19.4 Å². The van der Waals surface area contributed by atoms with Crippen LogP contribution in [0.1, 0.15) is 29.9 Å². The topological polar surface area (TPSA) is 105 Å². The van der Waals surface area contributed by atoms with Crippen LogP contribution in [0.15, 0.2) is 48.8 Å². The predicted molar refractivity (Wildman–Crippen MR) is 127 cm³/mol. The van der Waals surface area contributed by atoms with E-state index in [1.165, 1.54) is 10.5 Å². The van der Waals surface area contributed by atoms with Crippen molar-refractivity contribution >= 4 is 27.1 Å². The molecule has 2 fully saturated rings. The minimum Gasteiger partial charge on any atom is -0.497 e. The number of methoxy groups -OCH3 is 1. The number of amides is 1. The fourth-order valence-corrected chi connectivity index (χ4v) is 6.56. The van der Waals surface area contributed by atoms with Crippen LogP contribution in [-0.4, -0.2) is 72.2 Å². The van der Waals surface area contributed by atoms with Crippen LogP contribution < -0.4 is 4.74 Å². The average Bonchev–Trinajstić information content (AvgIpc) is 3.26. The summed E-state index contributed by atoms with van der Waals surface area (Å²) < 4.78 is 38.2. The average molecular weight is 485 g/mol. The Hall–Kier alpha value is -3.11. The number of piperidine rings is 1. The van der Waals surface area contributed by atoms with Gasteiger partial charge in [-0.05, 0) is 54.2 Å². The number of likely N-dealkylation sites (tertiary alicyclic amines) is 1. The number of carbonyl (C=O) groups excluding carboxylic acids is 1. The molecule has 0 atom stereocenters. The highest BCUT2D eigenvalue weighted by Gasteiger charge is 2.44. The normalized spacial score (nSPS) is 18.1. The highest BCUT2D eigenvalue weighted by Crippen LogP contribution is 2.34. The van der Waals surface area contributed by atoms with Gasteiger partial charge in [-0.1, -0.05) is 12.1 Å². The molecular formula is C24H28N4O5S. The second-order valence-electron chi connectivity index (χ2n) is 8.79. The molecule has 4 heterocycles. The minimum absolute atomic E-state index is 0.133. The second kappa shape index (κ2) is 9.27. The molecule has 2 aliphatic heterocycles. The number of nitrogens with zero attached hydrogens (tertiary/aromatic N) is 3. The lowest BCUT2D eigenvalue weighted by molar-refractivity contribution is 0.0758. The zero-order valence-corrected chi connectivity index (χ0v) is 19.8. The quantitative estimate of drug-likeness (QED) is 0.577. The minimum atomic E-state index is -3.45. The van der Waals surface area contributed by atoms with E-state index in [2.05, 4.69) is 9.97 Å². The Morgan fingerprint density at radius 3 is 2.59 bits per heavy atom. The van der Waals surface area contributed by atoms with E-state index in [4.69, 9.17) is 9.47 Å². The number of fused-ring (bicyclic) bond motifs is 1. The molecule has 3 aromatic rings. The second-order valence-corrected chi connectivity index (χ2v) is 11.0. The molecule has 180 valence electrons. The molecule has 2 aromatic heterocycles. The van der Waals surface area contributed by atoms with Crippen molar-refractivity contribution in [3.63, 3.8) is 0 Å². The molecule has 9 nitrogen and oxygen atoms in total. The van der Waals surface area contributed by atoms with Crippen molar-refractivity contribution < 1.29 is 22.7 Å². The molecule has 1 aromatic carbocycles. The molecule has 0 aliphatic carbocycles. The predicted octanol–water partition coefficient (Wildman–Crippen LogP) is 3.10. The number of H-pyrrole nitrogens is 1. The summed E-state index contributed by atoms with van der Waals surface area (Å²) in [5.74, 6) is 1.03. The summed E-state index contributed by atoms with van der Waals surface area (Å²) in [6.07, 6.45) is 4.79. The molecule has 34 heavy (non-hydrogen) atoms. The summed E-state index contributed by atoms with van der Waals surface area (Å²) in [6, 6.07) is 11.2. The number of rotatable bonds is 6. The number of aromatic nitrogens is 2. The van der Waals surface area contributed by atoms with Crippen LogP contribution in [-0.2, 0) is 21.4 Å². The maximum atomic E-state index is 13.1. The summed E-state index contributed by atoms with van der Waals surface area (Å²) in [5, 5.41) is 0.529. The molecular weight excluding hydrogens is 456 g/mol. The Morgan fingerprint density at radius 1 is 1.15 bits per heavy atom. The lowest BCUT2D eigenvalue weighted by Crippen LogP contribution is -2.60. The molecule has 1 amide bonds. The van der Waals surface area contributed by atoms with Gasteiger partial charge >= 0.3 is 6.09 Å². The van der Waals surface area contributed by atoms with Gasteiger partial charge in [-0.3, -0.25) is 0 Å². The Kier molecular flexibility index (Phi) is 6.18. The fraction of sp³-hybridized carbons (Fsp3) is 0.417. The van der Waals surface area contributed by atoms with Crippen molar-refractivity contribution in [2.75, 3.05) is 33.3 Å². The standard InChI is InChI=1S/C24H28N4O5S/c1-32-19-6-4-17(5-7-19)16-33-24(29)27-14-20(15-27)34(30,31)28-11-8-18(9-12-28)22-13-26-23-21(22)3-2-10-25-23/h2-7,10,13,18,20H,8-9,11-12,14-16H2,1H3,(H,25,26). The van der Waals surface area contributed by atoms with Crippen LogP contribution in [0.25, 0.3) is 11.0 Å². The Labute approximate surface area is 198 Å². The van der Waals surface area contributed by atoms with E-state index in [-0.39, 0.29) is 19.7 Å². The first kappa shape index (κ1) is 22.7. The Bertz CT molecular complexity index is 1260. The van der Waals surface area contributed by atoms with Crippen molar-refractivity contribution in [2.24, 2.45) is 0 Å². The third kappa shape index (κ3) is 4.35. The van der Waals surface area contributed by atoms with Crippen LogP contribution in [0.4, 0.5) is 4.79 Å². The van der Waals surface area contributed by atoms with Crippen LogP contribution >= 0.6 is 0 Å². The fourth-order valence-electron chi connectivity index (χ4n) is 4.68. The van der Waals surface area contributed by atoms with E-state index in [9.17, 15) is 13.2 Å². The van der Waals surface area contributed by atoms with Crippen LogP contribution in [0.2, 0.25) is 0 Å². The number of carbonyl (C=O) groups is 1. The Morgan fingerprint density at radius 2 is 1.88 bits per heavy atom. The van der Waals surface area contributed by atoms with Gasteiger partial charge in [-0.15, -0.1) is 0 Å². The summed E-state index contributed by atoms with van der Waals surface area (Å²) in [4.78, 5) is 21.3. The number of hydrogen-bond donors (Lipinski definition) is 1. The van der Waals surface area contributed by atoms with E-state index < -0.39 is 21.4 Å². The molecule has 10 heteroatoms. The van der Waals surface area contributed by atoms with Gasteiger partial charge in [-0.2, -0.15) is 0 Å². The SMILES string of the molecule is COc1ccc(COC(=O)N2CC(S(=O)(=O)N3CCC(c4c[nH]c5ncccc45)CC3)C2)cc1. The first-order chi connectivity index (χ1) is 16.5. The van der Waals surface area contributed by atoms with Crippen LogP contribution in [0.5, 0.6) is 5.75 Å². The largest absolute Gasteiger partial charge is 0.497 e. The van der Waals surface area contributed by atoms with Crippen LogP contribution in [0.3, 0.4) is 0 Å².